The molecule has 0 N–H and O–H groups in total. The highest BCUT2D eigenvalue weighted by Crippen LogP contribution is 2.19. The van der Waals surface area contributed by atoms with Crippen LogP contribution < -0.4 is 0 Å². The number of hydrogen-bond donors (Lipinski definition) is 0. The lowest BCUT2D eigenvalue weighted by Crippen LogP contribution is -2.10. The van der Waals surface area contributed by atoms with Crippen LogP contribution in [0, 0.1) is 5.92 Å². The molecule has 0 aromatic rings. The van der Waals surface area contributed by atoms with E-state index in [0.717, 1.165) is 11.5 Å². The van der Waals surface area contributed by atoms with Gasteiger partial charge in [0.2, 0.25) is 0 Å². The van der Waals surface area contributed by atoms with Crippen LogP contribution in [0.25, 0.3) is 0 Å². The molecular formula is C7H16ClSi. The topological polar surface area (TPSA) is 0 Å². The SMILES string of the molecule is CC(C)C[Si](Cl)C(C)C. The van der Waals surface area contributed by atoms with Crippen LogP contribution >= 0.6 is 11.1 Å². The molecule has 0 aromatic heterocycles. The van der Waals surface area contributed by atoms with Gasteiger partial charge in [0.1, 0.15) is 0 Å². The monoisotopic (exact) mass is 163 g/mol. The second-order valence-corrected chi connectivity index (χ2v) is 7.11. The van der Waals surface area contributed by atoms with E-state index in [4.69, 9.17) is 11.1 Å². The van der Waals surface area contributed by atoms with E-state index in [1.54, 1.807) is 0 Å². The van der Waals surface area contributed by atoms with E-state index in [1.807, 2.05) is 0 Å². The lowest BCUT2D eigenvalue weighted by atomic mass is 10.3. The molecule has 55 valence electrons. The summed E-state index contributed by atoms with van der Waals surface area (Å²) in [6, 6.07) is 1.24. The van der Waals surface area contributed by atoms with Crippen LogP contribution in [0.15, 0.2) is 0 Å². The van der Waals surface area contributed by atoms with Crippen LogP contribution in [0.5, 0.6) is 0 Å². The Hall–Kier alpha value is 0.507. The lowest BCUT2D eigenvalue weighted by Gasteiger charge is -2.11. The van der Waals surface area contributed by atoms with Crippen molar-refractivity contribution in [2.75, 3.05) is 0 Å². The molecular weight excluding hydrogens is 148 g/mol. The third-order valence-electron chi connectivity index (χ3n) is 1.23. The van der Waals surface area contributed by atoms with Gasteiger partial charge in [-0.25, -0.2) is 0 Å². The highest BCUT2D eigenvalue weighted by Gasteiger charge is 2.13. The summed E-state index contributed by atoms with van der Waals surface area (Å²) in [5.41, 5.74) is 0.721. The second-order valence-electron chi connectivity index (χ2n) is 3.20. The van der Waals surface area contributed by atoms with Gasteiger partial charge in [0.05, 0.1) is 0 Å². The van der Waals surface area contributed by atoms with Gasteiger partial charge in [-0.15, -0.1) is 0 Å². The van der Waals surface area contributed by atoms with Crippen molar-refractivity contribution in [1.82, 2.24) is 0 Å². The average Bonchev–Trinajstić information content (AvgIpc) is 1.63. The fraction of sp³-hybridized carbons (Fsp3) is 1.00. The van der Waals surface area contributed by atoms with Gasteiger partial charge in [0, 0.05) is 0 Å². The lowest BCUT2D eigenvalue weighted by molar-refractivity contribution is 0.722. The van der Waals surface area contributed by atoms with E-state index >= 15 is 0 Å². The molecule has 1 radical (unpaired) electrons. The summed E-state index contributed by atoms with van der Waals surface area (Å²) in [4.78, 5) is 0. The Balaban J connectivity index is 3.38. The molecule has 0 unspecified atom stereocenters. The van der Waals surface area contributed by atoms with Gasteiger partial charge in [-0.3, -0.25) is 0 Å². The van der Waals surface area contributed by atoms with Gasteiger partial charge < -0.3 is 0 Å². The number of hydrogen-bond acceptors (Lipinski definition) is 0. The fourth-order valence-corrected chi connectivity index (χ4v) is 2.80. The minimum Gasteiger partial charge on any atom is -0.169 e. The molecule has 0 heterocycles. The van der Waals surface area contributed by atoms with Crippen LogP contribution in [-0.4, -0.2) is 8.11 Å². The maximum atomic E-state index is 6.11. The molecule has 2 heteroatoms. The Morgan fingerprint density at radius 2 is 1.67 bits per heavy atom. The van der Waals surface area contributed by atoms with E-state index in [9.17, 15) is 0 Å². The summed E-state index contributed by atoms with van der Waals surface area (Å²) < 4.78 is 0. The summed E-state index contributed by atoms with van der Waals surface area (Å²) in [7, 11) is -0.534. The largest absolute Gasteiger partial charge is 0.169 e. The molecule has 0 aliphatic rings. The predicted molar refractivity (Wildman–Crippen MR) is 46.4 cm³/mol. The van der Waals surface area contributed by atoms with E-state index in [0.29, 0.717) is 0 Å². The van der Waals surface area contributed by atoms with Crippen molar-refractivity contribution >= 4 is 19.2 Å². The Labute approximate surface area is 64.9 Å². The molecule has 0 saturated carbocycles. The highest BCUT2D eigenvalue weighted by molar-refractivity contribution is 7.07. The van der Waals surface area contributed by atoms with Gasteiger partial charge in [-0.2, -0.15) is 11.1 Å². The normalized spacial score (nSPS) is 12.0. The van der Waals surface area contributed by atoms with E-state index in [1.165, 1.54) is 6.04 Å². The molecule has 0 aliphatic carbocycles. The average molecular weight is 164 g/mol. The van der Waals surface area contributed by atoms with Crippen molar-refractivity contribution in [1.29, 1.82) is 0 Å². The minimum absolute atomic E-state index is 0.534. The highest BCUT2D eigenvalue weighted by atomic mass is 35.6. The Kier molecular flexibility index (Phi) is 4.59. The zero-order valence-corrected chi connectivity index (χ0v) is 8.50. The number of rotatable bonds is 3. The van der Waals surface area contributed by atoms with Gasteiger partial charge in [-0.1, -0.05) is 27.7 Å². The molecule has 0 fully saturated rings. The van der Waals surface area contributed by atoms with Crippen molar-refractivity contribution < 1.29 is 0 Å². The minimum atomic E-state index is -0.534. The Bertz CT molecular complexity index is 71.3. The molecule has 9 heavy (non-hydrogen) atoms. The fourth-order valence-electron chi connectivity index (χ4n) is 0.626. The molecule has 0 spiro atoms. The molecule has 0 aliphatic heterocycles. The first-order valence-electron chi connectivity index (χ1n) is 3.55. The number of halogens is 1. The van der Waals surface area contributed by atoms with Crippen molar-refractivity contribution in [3.05, 3.63) is 0 Å². The maximum absolute atomic E-state index is 6.11. The molecule has 0 rings (SSSR count). The molecule has 0 atom stereocenters. The van der Waals surface area contributed by atoms with Gasteiger partial charge in [-0.05, 0) is 17.5 Å². The van der Waals surface area contributed by atoms with Crippen molar-refractivity contribution in [3.8, 4) is 0 Å². The van der Waals surface area contributed by atoms with E-state index in [2.05, 4.69) is 27.7 Å². The third kappa shape index (κ3) is 4.98. The van der Waals surface area contributed by atoms with Crippen LogP contribution in [0.1, 0.15) is 27.7 Å². The van der Waals surface area contributed by atoms with Crippen LogP contribution in [-0.2, 0) is 0 Å². The summed E-state index contributed by atoms with van der Waals surface area (Å²) in [6.45, 7) is 8.89. The Morgan fingerprint density at radius 3 is 1.78 bits per heavy atom. The van der Waals surface area contributed by atoms with Crippen LogP contribution in [0.4, 0.5) is 0 Å². The van der Waals surface area contributed by atoms with E-state index < -0.39 is 8.11 Å². The van der Waals surface area contributed by atoms with Crippen molar-refractivity contribution in [2.45, 2.75) is 39.3 Å². The molecule has 0 amide bonds. The first-order chi connectivity index (χ1) is 4.04. The summed E-state index contributed by atoms with van der Waals surface area (Å²) in [5.74, 6) is 0.777. The molecule has 0 nitrogen and oxygen atoms in total. The quantitative estimate of drug-likeness (QED) is 0.443. The first-order valence-corrected chi connectivity index (χ1v) is 6.35. The van der Waals surface area contributed by atoms with Crippen LogP contribution in [0.3, 0.4) is 0 Å². The summed E-state index contributed by atoms with van der Waals surface area (Å²) >= 11 is 6.11. The molecule has 0 bridgehead atoms. The van der Waals surface area contributed by atoms with Gasteiger partial charge in [0.15, 0.2) is 8.11 Å². The summed E-state index contributed by atoms with van der Waals surface area (Å²) in [6.07, 6.45) is 0. The standard InChI is InChI=1S/C7H16ClSi/c1-6(2)5-9(8)7(3)4/h6-7H,5H2,1-4H3. The Morgan fingerprint density at radius 1 is 1.22 bits per heavy atom. The summed E-state index contributed by atoms with van der Waals surface area (Å²) in [5, 5.41) is 0. The zero-order valence-electron chi connectivity index (χ0n) is 6.74. The second kappa shape index (κ2) is 4.34. The smallest absolute Gasteiger partial charge is 0.168 e. The maximum Gasteiger partial charge on any atom is 0.168 e. The molecule has 0 saturated heterocycles. The van der Waals surface area contributed by atoms with Crippen LogP contribution in [0.2, 0.25) is 11.6 Å². The third-order valence-corrected chi connectivity index (χ3v) is 5.46. The molecule has 0 aromatic carbocycles. The van der Waals surface area contributed by atoms with Crippen molar-refractivity contribution in [3.63, 3.8) is 0 Å². The first kappa shape index (κ1) is 9.51. The van der Waals surface area contributed by atoms with Crippen molar-refractivity contribution in [2.24, 2.45) is 5.92 Å². The van der Waals surface area contributed by atoms with Gasteiger partial charge >= 0.3 is 0 Å². The van der Waals surface area contributed by atoms with E-state index in [-0.39, 0.29) is 0 Å². The van der Waals surface area contributed by atoms with Gasteiger partial charge in [0.25, 0.3) is 0 Å². The predicted octanol–water partition coefficient (Wildman–Crippen LogP) is 3.28. The zero-order chi connectivity index (χ0) is 7.44.